The van der Waals surface area contributed by atoms with Gasteiger partial charge in [-0.2, -0.15) is 13.9 Å². The van der Waals surface area contributed by atoms with Crippen LogP contribution in [0.15, 0.2) is 24.3 Å². The van der Waals surface area contributed by atoms with Gasteiger partial charge in [0.25, 0.3) is 0 Å². The number of carboxylic acids is 1. The average Bonchev–Trinajstić information content (AvgIpc) is 2.93. The molecule has 0 saturated carbocycles. The molecular weight excluding hydrogens is 372 g/mol. The fourth-order valence-corrected chi connectivity index (χ4v) is 2.68. The van der Waals surface area contributed by atoms with Gasteiger partial charge in [-0.05, 0) is 38.0 Å². The van der Waals surface area contributed by atoms with Gasteiger partial charge in [-0.25, -0.2) is 4.68 Å². The summed E-state index contributed by atoms with van der Waals surface area (Å²) in [6.07, 6.45) is 0.461. The van der Waals surface area contributed by atoms with Gasteiger partial charge in [0, 0.05) is 24.2 Å². The number of rotatable bonds is 10. The van der Waals surface area contributed by atoms with E-state index in [-0.39, 0.29) is 24.4 Å². The molecule has 0 aliphatic heterocycles. The topological polar surface area (TPSA) is 93.5 Å². The van der Waals surface area contributed by atoms with E-state index in [4.69, 9.17) is 9.84 Å². The van der Waals surface area contributed by atoms with E-state index < -0.39 is 12.5 Å². The van der Waals surface area contributed by atoms with E-state index in [1.54, 1.807) is 31.2 Å². The zero-order valence-corrected chi connectivity index (χ0v) is 15.7. The van der Waals surface area contributed by atoms with Crippen molar-refractivity contribution in [2.75, 3.05) is 6.61 Å². The minimum absolute atomic E-state index is 0.0187. The van der Waals surface area contributed by atoms with Crippen LogP contribution in [0.3, 0.4) is 0 Å². The lowest BCUT2D eigenvalue weighted by Gasteiger charge is -2.08. The molecule has 0 atom stereocenters. The van der Waals surface area contributed by atoms with E-state index in [1.165, 1.54) is 6.92 Å². The highest BCUT2D eigenvalue weighted by Gasteiger charge is 2.19. The van der Waals surface area contributed by atoms with Gasteiger partial charge in [-0.1, -0.05) is 12.1 Å². The van der Waals surface area contributed by atoms with Crippen LogP contribution in [-0.4, -0.2) is 33.4 Å². The number of nitrogens with zero attached hydrogens (tertiary/aromatic N) is 2. The summed E-state index contributed by atoms with van der Waals surface area (Å²) in [5.41, 5.74) is 2.05. The molecule has 9 heteroatoms. The van der Waals surface area contributed by atoms with E-state index in [0.29, 0.717) is 41.3 Å². The summed E-state index contributed by atoms with van der Waals surface area (Å²) in [5, 5.41) is 15.1. The predicted octanol–water partition coefficient (Wildman–Crippen LogP) is 3.00. The molecule has 2 aromatic rings. The Hall–Kier alpha value is -2.97. The van der Waals surface area contributed by atoms with Gasteiger partial charge in [-0.3, -0.25) is 9.59 Å². The summed E-state index contributed by atoms with van der Waals surface area (Å²) in [5.74, 6) is -0.526. The first-order valence-corrected chi connectivity index (χ1v) is 8.81. The molecule has 1 amide bonds. The van der Waals surface area contributed by atoms with Gasteiger partial charge in [0.05, 0.1) is 18.7 Å². The number of hydrogen-bond donors (Lipinski definition) is 2. The van der Waals surface area contributed by atoms with Crippen molar-refractivity contribution in [3.63, 3.8) is 0 Å². The highest BCUT2D eigenvalue weighted by molar-refractivity contribution is 5.79. The van der Waals surface area contributed by atoms with Crippen molar-refractivity contribution in [2.24, 2.45) is 0 Å². The molecule has 1 aromatic carbocycles. The number of alkyl halides is 2. The van der Waals surface area contributed by atoms with Crippen LogP contribution in [0.4, 0.5) is 8.78 Å². The molecule has 0 aliphatic rings. The quantitative estimate of drug-likeness (QED) is 0.603. The summed E-state index contributed by atoms with van der Waals surface area (Å²) in [4.78, 5) is 22.6. The van der Waals surface area contributed by atoms with Crippen LogP contribution >= 0.6 is 0 Å². The fourth-order valence-electron chi connectivity index (χ4n) is 2.68. The Kier molecular flexibility index (Phi) is 7.48. The minimum atomic E-state index is -2.74. The third-order valence-electron chi connectivity index (χ3n) is 4.21. The molecule has 0 bridgehead atoms. The number of carboxylic acid groups (broad SMARTS) is 1. The molecule has 0 fully saturated rings. The first-order valence-electron chi connectivity index (χ1n) is 8.81. The second-order valence-electron chi connectivity index (χ2n) is 6.31. The molecule has 0 saturated heterocycles. The molecule has 2 rings (SSSR count). The molecule has 0 radical (unpaired) electrons. The minimum Gasteiger partial charge on any atom is -0.494 e. The van der Waals surface area contributed by atoms with Gasteiger partial charge in [0.15, 0.2) is 0 Å². The number of amides is 1. The molecule has 0 unspecified atom stereocenters. The maximum atomic E-state index is 12.9. The zero-order chi connectivity index (χ0) is 20.7. The molecule has 7 nitrogen and oxygen atoms in total. The predicted molar refractivity (Wildman–Crippen MR) is 97.3 cm³/mol. The Balaban J connectivity index is 1.82. The van der Waals surface area contributed by atoms with Crippen LogP contribution in [0.1, 0.15) is 41.9 Å². The first-order chi connectivity index (χ1) is 13.3. The van der Waals surface area contributed by atoms with Crippen LogP contribution in [0, 0.1) is 13.8 Å². The Morgan fingerprint density at radius 2 is 1.93 bits per heavy atom. The molecule has 0 spiro atoms. The Morgan fingerprint density at radius 3 is 2.50 bits per heavy atom. The molecule has 1 aromatic heterocycles. The van der Waals surface area contributed by atoms with Gasteiger partial charge >= 0.3 is 12.5 Å². The second kappa shape index (κ2) is 9.82. The Bertz CT molecular complexity index is 819. The molecular formula is C19H23F2N3O4. The van der Waals surface area contributed by atoms with Crippen LogP contribution in [0.25, 0.3) is 0 Å². The number of hydrogen-bond acceptors (Lipinski definition) is 4. The number of aliphatic carboxylic acids is 1. The number of halogens is 2. The smallest absolute Gasteiger partial charge is 0.333 e. The van der Waals surface area contributed by atoms with Gasteiger partial charge < -0.3 is 15.2 Å². The largest absolute Gasteiger partial charge is 0.494 e. The van der Waals surface area contributed by atoms with Gasteiger partial charge in [0.2, 0.25) is 5.91 Å². The van der Waals surface area contributed by atoms with E-state index >= 15 is 0 Å². The molecule has 1 heterocycles. The number of carbonyl (C=O) groups excluding carboxylic acids is 1. The Labute approximate surface area is 161 Å². The third-order valence-corrected chi connectivity index (χ3v) is 4.21. The molecule has 152 valence electrons. The standard InChI is InChI=1S/C19H23F2N3O4/c1-12-16(13(2)24(23-12)19(20)21)10-17(25)22-11-14-5-7-15(8-6-14)28-9-3-4-18(26)27/h5-8,19H,3-4,9-11H2,1-2H3,(H,22,25)(H,26,27). The number of carbonyl (C=O) groups is 2. The summed E-state index contributed by atoms with van der Waals surface area (Å²) in [6.45, 7) is 0.987. The van der Waals surface area contributed by atoms with Crippen LogP contribution < -0.4 is 10.1 Å². The number of aryl methyl sites for hydroxylation is 1. The number of nitrogens with one attached hydrogen (secondary N) is 1. The first kappa shape index (κ1) is 21.3. The van der Waals surface area contributed by atoms with Crippen LogP contribution in [0.2, 0.25) is 0 Å². The van der Waals surface area contributed by atoms with Crippen LogP contribution in [0.5, 0.6) is 5.75 Å². The lowest BCUT2D eigenvalue weighted by atomic mass is 10.1. The van der Waals surface area contributed by atoms with Crippen molar-refractivity contribution in [2.45, 2.75) is 46.2 Å². The summed E-state index contributed by atoms with van der Waals surface area (Å²) in [6, 6.07) is 7.06. The SMILES string of the molecule is Cc1nn(C(F)F)c(C)c1CC(=O)NCc1ccc(OCCCC(=O)O)cc1. The van der Waals surface area contributed by atoms with Crippen LogP contribution in [-0.2, 0) is 22.6 Å². The van der Waals surface area contributed by atoms with E-state index in [9.17, 15) is 18.4 Å². The lowest BCUT2D eigenvalue weighted by molar-refractivity contribution is -0.137. The zero-order valence-electron chi connectivity index (χ0n) is 15.7. The van der Waals surface area contributed by atoms with Gasteiger partial charge in [-0.15, -0.1) is 0 Å². The average molecular weight is 395 g/mol. The lowest BCUT2D eigenvalue weighted by Crippen LogP contribution is -2.25. The maximum absolute atomic E-state index is 12.9. The van der Waals surface area contributed by atoms with Crippen molar-refractivity contribution in [3.8, 4) is 5.75 Å². The fraction of sp³-hybridized carbons (Fsp3) is 0.421. The highest BCUT2D eigenvalue weighted by atomic mass is 19.3. The number of ether oxygens (including phenoxy) is 1. The number of benzene rings is 1. The molecule has 0 aliphatic carbocycles. The molecule has 28 heavy (non-hydrogen) atoms. The second-order valence-corrected chi connectivity index (χ2v) is 6.31. The molecule has 2 N–H and O–H groups in total. The van der Waals surface area contributed by atoms with E-state index in [0.717, 1.165) is 5.56 Å². The van der Waals surface area contributed by atoms with Crippen molar-refractivity contribution in [3.05, 3.63) is 46.8 Å². The summed E-state index contributed by atoms with van der Waals surface area (Å²) >= 11 is 0. The van der Waals surface area contributed by atoms with E-state index in [2.05, 4.69) is 10.4 Å². The third kappa shape index (κ3) is 6.04. The van der Waals surface area contributed by atoms with Crippen molar-refractivity contribution >= 4 is 11.9 Å². The maximum Gasteiger partial charge on any atom is 0.333 e. The van der Waals surface area contributed by atoms with Crippen molar-refractivity contribution < 1.29 is 28.2 Å². The van der Waals surface area contributed by atoms with Gasteiger partial charge in [0.1, 0.15) is 5.75 Å². The van der Waals surface area contributed by atoms with Crippen molar-refractivity contribution in [1.82, 2.24) is 15.1 Å². The summed E-state index contributed by atoms with van der Waals surface area (Å²) < 4.78 is 31.8. The normalized spacial score (nSPS) is 10.9. The highest BCUT2D eigenvalue weighted by Crippen LogP contribution is 2.19. The summed E-state index contributed by atoms with van der Waals surface area (Å²) in [7, 11) is 0. The number of aromatic nitrogens is 2. The van der Waals surface area contributed by atoms with Crippen molar-refractivity contribution in [1.29, 1.82) is 0 Å². The monoisotopic (exact) mass is 395 g/mol. The Morgan fingerprint density at radius 1 is 1.25 bits per heavy atom. The van der Waals surface area contributed by atoms with E-state index in [1.807, 2.05) is 0 Å².